The van der Waals surface area contributed by atoms with E-state index < -0.39 is 8.38 Å². The van der Waals surface area contributed by atoms with Crippen molar-refractivity contribution in [1.29, 1.82) is 0 Å². The standard InChI is InChI=1S/C20H23FNO2P/c1-4-23-25(24-5-2)14-17-13-22(3)20-11-8-16(12-19(17)20)15-6-9-18(21)10-7-15/h6-13H,4-5,14H2,1-3H3. The van der Waals surface area contributed by atoms with Crippen LogP contribution in [-0.2, 0) is 22.3 Å². The molecule has 0 aliphatic heterocycles. The monoisotopic (exact) mass is 359 g/mol. The van der Waals surface area contributed by atoms with Crippen molar-refractivity contribution in [1.82, 2.24) is 4.57 Å². The average molecular weight is 359 g/mol. The number of aromatic nitrogens is 1. The summed E-state index contributed by atoms with van der Waals surface area (Å²) in [4.78, 5) is 0. The van der Waals surface area contributed by atoms with Gasteiger partial charge >= 0.3 is 0 Å². The van der Waals surface area contributed by atoms with Gasteiger partial charge in [0, 0.05) is 30.3 Å². The predicted octanol–water partition coefficient (Wildman–Crippen LogP) is 5.87. The van der Waals surface area contributed by atoms with Crippen LogP contribution in [-0.4, -0.2) is 17.8 Å². The molecule has 0 aliphatic carbocycles. The molecule has 5 heteroatoms. The van der Waals surface area contributed by atoms with Crippen LogP contribution in [0.2, 0.25) is 0 Å². The Kier molecular flexibility index (Phi) is 5.85. The topological polar surface area (TPSA) is 23.4 Å². The van der Waals surface area contributed by atoms with E-state index in [0.29, 0.717) is 13.2 Å². The smallest absolute Gasteiger partial charge is 0.175 e. The summed E-state index contributed by atoms with van der Waals surface area (Å²) in [5, 5.41) is 1.19. The van der Waals surface area contributed by atoms with Crippen LogP contribution in [0.25, 0.3) is 22.0 Å². The second-order valence-corrected chi connectivity index (χ2v) is 7.33. The maximum absolute atomic E-state index is 13.2. The second kappa shape index (κ2) is 8.09. The van der Waals surface area contributed by atoms with Gasteiger partial charge in [-0.25, -0.2) is 4.39 Å². The third kappa shape index (κ3) is 4.09. The Morgan fingerprint density at radius 3 is 2.24 bits per heavy atom. The molecule has 0 fully saturated rings. The maximum atomic E-state index is 13.2. The van der Waals surface area contributed by atoms with Gasteiger partial charge in [0.25, 0.3) is 0 Å². The summed E-state index contributed by atoms with van der Waals surface area (Å²) in [7, 11) is 1.12. The summed E-state index contributed by atoms with van der Waals surface area (Å²) >= 11 is 0. The zero-order valence-corrected chi connectivity index (χ0v) is 15.7. The molecule has 25 heavy (non-hydrogen) atoms. The fourth-order valence-electron chi connectivity index (χ4n) is 2.98. The first-order valence-corrected chi connectivity index (χ1v) is 9.86. The predicted molar refractivity (Wildman–Crippen MR) is 102 cm³/mol. The van der Waals surface area contributed by atoms with Crippen LogP contribution in [0.15, 0.2) is 48.7 Å². The Morgan fingerprint density at radius 2 is 1.60 bits per heavy atom. The van der Waals surface area contributed by atoms with E-state index in [1.54, 1.807) is 0 Å². The lowest BCUT2D eigenvalue weighted by molar-refractivity contribution is 0.268. The average Bonchev–Trinajstić information content (AvgIpc) is 2.91. The minimum Gasteiger partial charge on any atom is -0.350 e. The van der Waals surface area contributed by atoms with E-state index in [0.717, 1.165) is 17.3 Å². The van der Waals surface area contributed by atoms with Gasteiger partial charge in [-0.3, -0.25) is 0 Å². The molecule has 3 aromatic rings. The quantitative estimate of drug-likeness (QED) is 0.493. The molecule has 0 saturated heterocycles. The number of rotatable bonds is 7. The van der Waals surface area contributed by atoms with Gasteiger partial charge in [0.05, 0.1) is 13.2 Å². The van der Waals surface area contributed by atoms with Gasteiger partial charge in [-0.1, -0.05) is 18.2 Å². The fourth-order valence-corrected chi connectivity index (χ4v) is 4.34. The van der Waals surface area contributed by atoms with Gasteiger partial charge in [0.1, 0.15) is 5.82 Å². The van der Waals surface area contributed by atoms with Crippen LogP contribution in [0.3, 0.4) is 0 Å². The number of halogens is 1. The van der Waals surface area contributed by atoms with Crippen molar-refractivity contribution in [3.63, 3.8) is 0 Å². The lowest BCUT2D eigenvalue weighted by Gasteiger charge is -2.15. The Bertz CT molecular complexity index is 839. The van der Waals surface area contributed by atoms with Gasteiger partial charge in [0.2, 0.25) is 0 Å². The van der Waals surface area contributed by atoms with Gasteiger partial charge in [-0.15, -0.1) is 0 Å². The van der Waals surface area contributed by atoms with Crippen LogP contribution in [0.5, 0.6) is 0 Å². The zero-order chi connectivity index (χ0) is 17.8. The van der Waals surface area contributed by atoms with E-state index in [1.807, 2.05) is 33.0 Å². The van der Waals surface area contributed by atoms with Crippen molar-refractivity contribution in [2.24, 2.45) is 7.05 Å². The number of fused-ring (bicyclic) bond motifs is 1. The molecule has 1 aromatic heterocycles. The summed E-state index contributed by atoms with van der Waals surface area (Å²) in [5.74, 6) is -0.218. The van der Waals surface area contributed by atoms with Gasteiger partial charge < -0.3 is 13.6 Å². The molecule has 0 N–H and O–H groups in total. The van der Waals surface area contributed by atoms with Crippen LogP contribution in [0.1, 0.15) is 19.4 Å². The van der Waals surface area contributed by atoms with Crippen LogP contribution < -0.4 is 0 Å². The molecule has 0 atom stereocenters. The highest BCUT2D eigenvalue weighted by atomic mass is 31.2. The van der Waals surface area contributed by atoms with Crippen molar-refractivity contribution < 1.29 is 13.4 Å². The third-order valence-electron chi connectivity index (χ3n) is 4.10. The number of nitrogens with zero attached hydrogens (tertiary/aromatic N) is 1. The molecular weight excluding hydrogens is 336 g/mol. The lowest BCUT2D eigenvalue weighted by atomic mass is 10.0. The molecule has 132 valence electrons. The first-order valence-electron chi connectivity index (χ1n) is 8.49. The Hall–Kier alpha value is -1.74. The highest BCUT2D eigenvalue weighted by Crippen LogP contribution is 2.44. The molecule has 3 rings (SSSR count). The molecule has 0 radical (unpaired) electrons. The Labute approximate surface area is 149 Å². The van der Waals surface area contributed by atoms with Crippen molar-refractivity contribution >= 4 is 19.3 Å². The summed E-state index contributed by atoms with van der Waals surface area (Å²) in [6, 6.07) is 13.0. The largest absolute Gasteiger partial charge is 0.350 e. The molecule has 0 amide bonds. The molecular formula is C20H23FNO2P. The fraction of sp³-hybridized carbons (Fsp3) is 0.300. The maximum Gasteiger partial charge on any atom is 0.175 e. The van der Waals surface area contributed by atoms with Gasteiger partial charge in [-0.05, 0) is 54.8 Å². The van der Waals surface area contributed by atoms with Gasteiger partial charge in [0.15, 0.2) is 8.38 Å². The third-order valence-corrected chi connectivity index (χ3v) is 5.79. The Morgan fingerprint density at radius 1 is 0.960 bits per heavy atom. The molecule has 0 aliphatic rings. The number of hydrogen-bond donors (Lipinski definition) is 0. The van der Waals surface area contributed by atoms with E-state index in [2.05, 4.69) is 29.0 Å². The molecule has 0 spiro atoms. The summed E-state index contributed by atoms with van der Waals surface area (Å²) in [5.41, 5.74) is 4.48. The highest BCUT2D eigenvalue weighted by Gasteiger charge is 2.15. The highest BCUT2D eigenvalue weighted by molar-refractivity contribution is 7.46. The van der Waals surface area contributed by atoms with Crippen molar-refractivity contribution in [3.05, 3.63) is 60.0 Å². The number of benzene rings is 2. The molecule has 2 aromatic carbocycles. The number of hydrogen-bond acceptors (Lipinski definition) is 2. The zero-order valence-electron chi connectivity index (χ0n) is 14.8. The summed E-state index contributed by atoms with van der Waals surface area (Å²) < 4.78 is 26.8. The SMILES string of the molecule is CCOP(Cc1cn(C)c2ccc(-c3ccc(F)cc3)cc12)OCC. The second-order valence-electron chi connectivity index (χ2n) is 5.83. The van der Waals surface area contributed by atoms with E-state index in [4.69, 9.17) is 9.05 Å². The molecule has 0 bridgehead atoms. The first kappa shape index (κ1) is 18.1. The van der Waals surface area contributed by atoms with Crippen molar-refractivity contribution in [2.75, 3.05) is 13.2 Å². The van der Waals surface area contributed by atoms with Crippen LogP contribution >= 0.6 is 8.38 Å². The van der Waals surface area contributed by atoms with E-state index in [1.165, 1.54) is 28.6 Å². The summed E-state index contributed by atoms with van der Waals surface area (Å²) in [6.07, 6.45) is 2.91. The van der Waals surface area contributed by atoms with Gasteiger partial charge in [-0.2, -0.15) is 0 Å². The molecule has 0 saturated carbocycles. The lowest BCUT2D eigenvalue weighted by Crippen LogP contribution is -1.94. The van der Waals surface area contributed by atoms with E-state index >= 15 is 0 Å². The Balaban J connectivity index is 1.98. The van der Waals surface area contributed by atoms with Crippen molar-refractivity contribution in [3.8, 4) is 11.1 Å². The minimum absolute atomic E-state index is 0.218. The van der Waals surface area contributed by atoms with Crippen LogP contribution in [0, 0.1) is 5.82 Å². The normalized spacial score (nSPS) is 11.6. The van der Waals surface area contributed by atoms with E-state index in [9.17, 15) is 4.39 Å². The molecule has 1 heterocycles. The molecule has 0 unspecified atom stereocenters. The summed E-state index contributed by atoms with van der Waals surface area (Å²) in [6.45, 7) is 5.28. The number of aryl methyl sites for hydroxylation is 1. The molecule has 3 nitrogen and oxygen atoms in total. The van der Waals surface area contributed by atoms with Crippen molar-refractivity contribution in [2.45, 2.75) is 20.0 Å². The minimum atomic E-state index is -0.928. The first-order chi connectivity index (χ1) is 12.1. The van der Waals surface area contributed by atoms with E-state index in [-0.39, 0.29) is 5.82 Å². The van der Waals surface area contributed by atoms with Crippen LogP contribution in [0.4, 0.5) is 4.39 Å².